The number of thiol groups is 1. The predicted octanol–water partition coefficient (Wildman–Crippen LogP) is 5.16. The Kier molecular flexibility index (Phi) is 5.19. The molecule has 1 aromatic rings. The van der Waals surface area contributed by atoms with E-state index in [1.165, 1.54) is 0 Å². The smallest absolute Gasteiger partial charge is 0.144 e. The summed E-state index contributed by atoms with van der Waals surface area (Å²) in [6.07, 6.45) is 5.11. The lowest BCUT2D eigenvalue weighted by atomic mass is 9.80. The van der Waals surface area contributed by atoms with Crippen molar-refractivity contribution in [3.05, 3.63) is 46.4 Å². The molecule has 3 N–H and O–H groups in total. The Morgan fingerprint density at radius 1 is 1.04 bits per heavy atom. The Hall–Kier alpha value is -2.01. The highest BCUT2D eigenvalue weighted by Crippen LogP contribution is 2.40. The normalized spacial score (nSPS) is 17.0. The molecule has 1 aromatic carbocycles. The molecule has 134 valence electrons. The summed E-state index contributed by atoms with van der Waals surface area (Å²) in [5, 5.41) is 23.0. The van der Waals surface area contributed by atoms with Crippen LogP contribution in [0.25, 0.3) is 0 Å². The first-order chi connectivity index (χ1) is 11.4. The number of rotatable bonds is 2. The maximum Gasteiger partial charge on any atom is 0.144 e. The van der Waals surface area contributed by atoms with E-state index >= 15 is 0 Å². The molecule has 0 atom stereocenters. The minimum atomic E-state index is -0.201. The summed E-state index contributed by atoms with van der Waals surface area (Å²) in [5.74, 6) is 0.192. The van der Waals surface area contributed by atoms with Gasteiger partial charge >= 0.3 is 0 Å². The minimum absolute atomic E-state index is 0.0598. The lowest BCUT2D eigenvalue weighted by Gasteiger charge is -2.27. The van der Waals surface area contributed by atoms with Gasteiger partial charge in [0, 0.05) is 10.5 Å². The van der Waals surface area contributed by atoms with Gasteiger partial charge in [-0.15, -0.1) is 12.6 Å². The third-order valence-corrected chi connectivity index (χ3v) is 4.34. The summed E-state index contributed by atoms with van der Waals surface area (Å²) < 4.78 is 0. The molecule has 0 aliphatic heterocycles. The highest BCUT2D eigenvalue weighted by Gasteiger charge is 2.25. The Morgan fingerprint density at radius 3 is 2.24 bits per heavy atom. The largest absolute Gasteiger partial charge is 0.505 e. The second kappa shape index (κ2) is 6.71. The molecule has 0 radical (unpaired) electrons. The molecule has 25 heavy (non-hydrogen) atoms. The predicted molar refractivity (Wildman–Crippen MR) is 111 cm³/mol. The molecule has 0 amide bonds. The van der Waals surface area contributed by atoms with Crippen LogP contribution in [0.15, 0.2) is 40.4 Å². The lowest BCUT2D eigenvalue weighted by molar-refractivity contribution is 0.446. The molecule has 4 nitrogen and oxygen atoms in total. The van der Waals surface area contributed by atoms with E-state index in [-0.39, 0.29) is 16.6 Å². The highest BCUT2D eigenvalue weighted by atomic mass is 32.1. The summed E-state index contributed by atoms with van der Waals surface area (Å²) >= 11 is 4.29. The quantitative estimate of drug-likeness (QED) is 0.256. The maximum atomic E-state index is 10.7. The number of phenols is 1. The number of aromatic hydroxyl groups is 1. The summed E-state index contributed by atoms with van der Waals surface area (Å²) in [7, 11) is 0. The van der Waals surface area contributed by atoms with Crippen LogP contribution in [0.1, 0.15) is 52.7 Å². The zero-order chi connectivity index (χ0) is 19.0. The van der Waals surface area contributed by atoms with Crippen LogP contribution in [0.2, 0.25) is 0 Å². The number of phenolic OH excluding ortho intramolecular Hbond substituents is 1. The van der Waals surface area contributed by atoms with Crippen molar-refractivity contribution in [1.82, 2.24) is 0 Å². The Balaban J connectivity index is 2.50. The Labute approximate surface area is 155 Å². The number of hydrazone groups is 1. The van der Waals surface area contributed by atoms with Gasteiger partial charge in [-0.2, -0.15) is 5.10 Å². The van der Waals surface area contributed by atoms with Crippen LogP contribution in [0.3, 0.4) is 0 Å². The average Bonchev–Trinajstić information content (AvgIpc) is 2.47. The first-order valence-electron chi connectivity index (χ1n) is 8.29. The van der Waals surface area contributed by atoms with E-state index in [0.717, 1.165) is 16.0 Å². The second-order valence-electron chi connectivity index (χ2n) is 8.35. The number of benzene rings is 1. The molecule has 0 saturated carbocycles. The van der Waals surface area contributed by atoms with Crippen molar-refractivity contribution >= 4 is 29.7 Å². The zero-order valence-electron chi connectivity index (χ0n) is 15.7. The first-order valence-corrected chi connectivity index (χ1v) is 8.73. The molecule has 0 unspecified atom stereocenters. The van der Waals surface area contributed by atoms with Crippen LogP contribution in [0, 0.1) is 5.41 Å². The molecule has 0 aromatic heterocycles. The standard InChI is InChI=1S/C20H27N3OS/c1-19(2,3)12-9-14(20(4,5)6)18(24)17(10-12)23-22-16-11-13(25)7-8-15(16)21/h7-11,21,23-25H,1-6H3/b21-15?,22-16-. The van der Waals surface area contributed by atoms with E-state index in [0.29, 0.717) is 17.1 Å². The molecular formula is C20H27N3OS. The van der Waals surface area contributed by atoms with Crippen LogP contribution in [0.5, 0.6) is 5.75 Å². The van der Waals surface area contributed by atoms with Gasteiger partial charge in [-0.25, -0.2) is 0 Å². The fourth-order valence-electron chi connectivity index (χ4n) is 2.46. The van der Waals surface area contributed by atoms with Gasteiger partial charge in [0.25, 0.3) is 0 Å². The van der Waals surface area contributed by atoms with Gasteiger partial charge in [-0.3, -0.25) is 10.8 Å². The summed E-state index contributed by atoms with van der Waals surface area (Å²) in [5.41, 5.74) is 5.98. The van der Waals surface area contributed by atoms with Crippen molar-refractivity contribution in [2.45, 2.75) is 52.4 Å². The van der Waals surface area contributed by atoms with Gasteiger partial charge in [0.1, 0.15) is 11.5 Å². The zero-order valence-corrected chi connectivity index (χ0v) is 16.6. The lowest BCUT2D eigenvalue weighted by Crippen LogP contribution is -2.18. The first kappa shape index (κ1) is 19.3. The maximum absolute atomic E-state index is 10.7. The number of allylic oxidation sites excluding steroid dienone is 3. The number of nitrogens with one attached hydrogen (secondary N) is 2. The van der Waals surface area contributed by atoms with E-state index in [9.17, 15) is 5.11 Å². The van der Waals surface area contributed by atoms with Gasteiger partial charge in [0.15, 0.2) is 0 Å². The third-order valence-electron chi connectivity index (χ3n) is 4.06. The van der Waals surface area contributed by atoms with Crippen molar-refractivity contribution in [3.63, 3.8) is 0 Å². The van der Waals surface area contributed by atoms with Gasteiger partial charge in [-0.05, 0) is 40.7 Å². The van der Waals surface area contributed by atoms with E-state index in [2.05, 4.69) is 70.8 Å². The second-order valence-corrected chi connectivity index (χ2v) is 8.86. The number of hydrogen-bond acceptors (Lipinski definition) is 5. The summed E-state index contributed by atoms with van der Waals surface area (Å²) in [6, 6.07) is 3.98. The fraction of sp³-hybridized carbons (Fsp3) is 0.400. The molecule has 1 aliphatic rings. The SMILES string of the molecule is CC(C)(C)c1cc(N/N=C2/C=C(S)C=CC2=N)c(O)c(C(C)(C)C)c1. The van der Waals surface area contributed by atoms with Gasteiger partial charge in [-0.1, -0.05) is 47.6 Å². The van der Waals surface area contributed by atoms with Crippen LogP contribution < -0.4 is 5.43 Å². The van der Waals surface area contributed by atoms with Crippen molar-refractivity contribution in [3.8, 4) is 5.75 Å². The molecule has 0 bridgehead atoms. The van der Waals surface area contributed by atoms with Crippen LogP contribution in [-0.2, 0) is 10.8 Å². The van der Waals surface area contributed by atoms with Gasteiger partial charge < -0.3 is 5.11 Å². The van der Waals surface area contributed by atoms with Crippen LogP contribution >= 0.6 is 12.6 Å². The van der Waals surface area contributed by atoms with Crippen LogP contribution in [0.4, 0.5) is 5.69 Å². The third kappa shape index (κ3) is 4.54. The molecule has 0 saturated heterocycles. The van der Waals surface area contributed by atoms with Gasteiger partial charge in [0.05, 0.1) is 11.4 Å². The summed E-state index contributed by atoms with van der Waals surface area (Å²) in [6.45, 7) is 12.6. The van der Waals surface area contributed by atoms with Gasteiger partial charge in [0.2, 0.25) is 0 Å². The number of anilines is 1. The van der Waals surface area contributed by atoms with Crippen molar-refractivity contribution in [2.24, 2.45) is 5.10 Å². The van der Waals surface area contributed by atoms with E-state index in [1.807, 2.05) is 6.07 Å². The van der Waals surface area contributed by atoms with Crippen molar-refractivity contribution < 1.29 is 5.11 Å². The molecule has 1 aliphatic carbocycles. The Bertz CT molecular complexity index is 790. The molecule has 0 fully saturated rings. The van der Waals surface area contributed by atoms with E-state index in [4.69, 9.17) is 5.41 Å². The van der Waals surface area contributed by atoms with E-state index < -0.39 is 0 Å². The topological polar surface area (TPSA) is 68.5 Å². The highest BCUT2D eigenvalue weighted by molar-refractivity contribution is 7.84. The molecule has 0 heterocycles. The van der Waals surface area contributed by atoms with E-state index in [1.54, 1.807) is 18.2 Å². The van der Waals surface area contributed by atoms with Crippen molar-refractivity contribution in [1.29, 1.82) is 5.41 Å². The summed E-state index contributed by atoms with van der Waals surface area (Å²) in [4.78, 5) is 0.736. The minimum Gasteiger partial charge on any atom is -0.505 e. The molecule has 5 heteroatoms. The fourth-order valence-corrected chi connectivity index (χ4v) is 2.65. The molecule has 2 rings (SSSR count). The average molecular weight is 358 g/mol. The number of hydrogen-bond donors (Lipinski definition) is 4. The van der Waals surface area contributed by atoms with Crippen LogP contribution in [-0.4, -0.2) is 16.5 Å². The molecule has 0 spiro atoms. The monoisotopic (exact) mass is 357 g/mol. The van der Waals surface area contributed by atoms with Crippen molar-refractivity contribution in [2.75, 3.05) is 5.43 Å². The number of nitrogens with zero attached hydrogens (tertiary/aromatic N) is 1. The molecular weight excluding hydrogens is 330 g/mol. The Morgan fingerprint density at radius 2 is 1.68 bits per heavy atom.